The minimum absolute atomic E-state index is 0.0487. The quantitative estimate of drug-likeness (QED) is 0.656. The van der Waals surface area contributed by atoms with Crippen LogP contribution < -0.4 is 15.7 Å². The highest BCUT2D eigenvalue weighted by Gasteiger charge is 2.13. The zero-order valence-electron chi connectivity index (χ0n) is 12.0. The number of benzene rings is 1. The fourth-order valence-corrected chi connectivity index (χ4v) is 1.82. The molecule has 6 nitrogen and oxygen atoms in total. The van der Waals surface area contributed by atoms with Crippen LogP contribution in [-0.4, -0.2) is 39.9 Å². The number of aliphatic hydroxyl groups excluding tert-OH is 1. The summed E-state index contributed by atoms with van der Waals surface area (Å²) in [5, 5.41) is 13.1. The average Bonchev–Trinajstić information content (AvgIpc) is 2.73. The van der Waals surface area contributed by atoms with E-state index >= 15 is 0 Å². The number of aromatic nitrogens is 2. The van der Waals surface area contributed by atoms with Crippen molar-refractivity contribution in [3.63, 3.8) is 0 Å². The zero-order valence-corrected chi connectivity index (χ0v) is 12.0. The van der Waals surface area contributed by atoms with Gasteiger partial charge in [0.2, 0.25) is 0 Å². The largest absolute Gasteiger partial charge is 0.489 e. The van der Waals surface area contributed by atoms with Crippen LogP contribution in [0.15, 0.2) is 23.0 Å². The van der Waals surface area contributed by atoms with Crippen LogP contribution in [0.2, 0.25) is 0 Å². The molecule has 1 aromatic heterocycles. The van der Waals surface area contributed by atoms with Crippen molar-refractivity contribution >= 4 is 11.0 Å². The van der Waals surface area contributed by atoms with Gasteiger partial charge in [-0.1, -0.05) is 6.07 Å². The van der Waals surface area contributed by atoms with E-state index in [4.69, 9.17) is 4.74 Å². The van der Waals surface area contributed by atoms with Crippen molar-refractivity contribution in [3.8, 4) is 5.75 Å². The summed E-state index contributed by atoms with van der Waals surface area (Å²) in [5.41, 5.74) is 0.988. The van der Waals surface area contributed by atoms with Gasteiger partial charge >= 0.3 is 5.69 Å². The molecule has 1 atom stereocenters. The molecule has 0 spiro atoms. The third kappa shape index (κ3) is 3.85. The van der Waals surface area contributed by atoms with Crippen molar-refractivity contribution in [2.24, 2.45) is 0 Å². The molecule has 0 bridgehead atoms. The Balaban J connectivity index is 1.97. The van der Waals surface area contributed by atoms with E-state index in [0.717, 1.165) is 0 Å². The van der Waals surface area contributed by atoms with Gasteiger partial charge in [0.05, 0.1) is 5.52 Å². The summed E-state index contributed by atoms with van der Waals surface area (Å²) in [6, 6.07) is 5.34. The molecule has 0 aliphatic rings. The minimum atomic E-state index is -0.616. The first kappa shape index (κ1) is 14.6. The molecule has 0 saturated carbocycles. The second kappa shape index (κ2) is 5.68. The molecular weight excluding hydrogens is 257 g/mol. The van der Waals surface area contributed by atoms with Crippen molar-refractivity contribution in [2.75, 3.05) is 13.2 Å². The lowest BCUT2D eigenvalue weighted by atomic mass is 10.1. The summed E-state index contributed by atoms with van der Waals surface area (Å²) >= 11 is 0. The van der Waals surface area contributed by atoms with Gasteiger partial charge in [-0.3, -0.25) is 0 Å². The molecule has 2 aromatic rings. The third-order valence-corrected chi connectivity index (χ3v) is 2.81. The maximum Gasteiger partial charge on any atom is 0.323 e. The summed E-state index contributed by atoms with van der Waals surface area (Å²) in [6.45, 7) is 6.71. The van der Waals surface area contributed by atoms with E-state index in [-0.39, 0.29) is 17.8 Å². The molecule has 0 aliphatic heterocycles. The van der Waals surface area contributed by atoms with Crippen LogP contribution in [0.1, 0.15) is 20.8 Å². The van der Waals surface area contributed by atoms with Gasteiger partial charge in [0.25, 0.3) is 0 Å². The highest BCUT2D eigenvalue weighted by molar-refractivity contribution is 5.80. The Morgan fingerprint density at radius 1 is 1.35 bits per heavy atom. The molecule has 0 saturated heterocycles. The molecule has 1 unspecified atom stereocenters. The van der Waals surface area contributed by atoms with Crippen molar-refractivity contribution in [3.05, 3.63) is 28.7 Å². The second-order valence-corrected chi connectivity index (χ2v) is 5.85. The maximum absolute atomic E-state index is 11.3. The minimum Gasteiger partial charge on any atom is -0.489 e. The van der Waals surface area contributed by atoms with Gasteiger partial charge in [-0.25, -0.2) is 4.79 Å². The number of hydrogen-bond donors (Lipinski definition) is 4. The number of aromatic amines is 2. The van der Waals surface area contributed by atoms with Crippen LogP contribution in [0, 0.1) is 0 Å². The van der Waals surface area contributed by atoms with Crippen molar-refractivity contribution in [1.82, 2.24) is 15.3 Å². The molecule has 1 aromatic carbocycles. The van der Waals surface area contributed by atoms with Gasteiger partial charge in [-0.05, 0) is 32.9 Å². The summed E-state index contributed by atoms with van der Waals surface area (Å²) in [7, 11) is 0. The highest BCUT2D eigenvalue weighted by atomic mass is 16.5. The van der Waals surface area contributed by atoms with E-state index in [2.05, 4.69) is 15.3 Å². The number of fused-ring (bicyclic) bond motifs is 1. The first-order valence-electron chi connectivity index (χ1n) is 6.62. The summed E-state index contributed by atoms with van der Waals surface area (Å²) in [5.74, 6) is 0.552. The Morgan fingerprint density at radius 3 is 2.80 bits per heavy atom. The Kier molecular flexibility index (Phi) is 4.15. The standard InChI is InChI=1S/C14H21N3O3/c1-14(2,3)15-7-9(18)8-20-11-6-4-5-10-12(11)17-13(19)16-10/h4-6,9,15,18H,7-8H2,1-3H3,(H2,16,17,19)/i13-1. The molecule has 0 amide bonds. The third-order valence-electron chi connectivity index (χ3n) is 2.81. The van der Waals surface area contributed by atoms with Gasteiger partial charge in [-0.15, -0.1) is 0 Å². The first-order valence-corrected chi connectivity index (χ1v) is 6.62. The lowest BCUT2D eigenvalue weighted by Crippen LogP contribution is -2.42. The number of nitrogens with one attached hydrogen (secondary N) is 3. The Labute approximate surface area is 117 Å². The van der Waals surface area contributed by atoms with Crippen LogP contribution in [-0.2, 0) is 0 Å². The fourth-order valence-electron chi connectivity index (χ4n) is 1.82. The topological polar surface area (TPSA) is 90.1 Å². The predicted molar refractivity (Wildman–Crippen MR) is 78.2 cm³/mol. The average molecular weight is 278 g/mol. The number of imidazole rings is 1. The zero-order chi connectivity index (χ0) is 14.8. The van der Waals surface area contributed by atoms with E-state index in [0.29, 0.717) is 23.3 Å². The number of β-amino-alcohol motifs (C(OH)–C–C–N with tert-alkyl or cyclic N) is 1. The molecule has 1 heterocycles. The number of aliphatic hydroxyl groups is 1. The lowest BCUT2D eigenvalue weighted by Gasteiger charge is -2.23. The lowest BCUT2D eigenvalue weighted by molar-refractivity contribution is 0.101. The monoisotopic (exact) mass is 278 g/mol. The first-order chi connectivity index (χ1) is 9.35. The number of hydrogen-bond acceptors (Lipinski definition) is 4. The molecule has 0 aliphatic carbocycles. The number of rotatable bonds is 5. The van der Waals surface area contributed by atoms with Crippen molar-refractivity contribution in [2.45, 2.75) is 32.4 Å². The summed E-state index contributed by atoms with van der Waals surface area (Å²) in [4.78, 5) is 16.6. The summed E-state index contributed by atoms with van der Waals surface area (Å²) in [6.07, 6.45) is -0.616. The molecule has 0 fully saturated rings. The second-order valence-electron chi connectivity index (χ2n) is 5.85. The summed E-state index contributed by atoms with van der Waals surface area (Å²) < 4.78 is 5.58. The van der Waals surface area contributed by atoms with E-state index in [1.54, 1.807) is 18.2 Å². The van der Waals surface area contributed by atoms with Crippen LogP contribution >= 0.6 is 0 Å². The van der Waals surface area contributed by atoms with Crippen molar-refractivity contribution < 1.29 is 9.84 Å². The SMILES string of the molecule is CC(C)(C)NCC(O)COc1cccc2[nH][11c](=O)[nH]c12. The normalized spacial score (nSPS) is 13.6. The maximum atomic E-state index is 11.3. The molecule has 2 rings (SSSR count). The molecule has 4 N–H and O–H groups in total. The fraction of sp³-hybridized carbons (Fsp3) is 0.500. The van der Waals surface area contributed by atoms with Gasteiger partial charge < -0.3 is 25.1 Å². The predicted octanol–water partition coefficient (Wildman–Crippen LogP) is 0.984. The smallest absolute Gasteiger partial charge is 0.323 e. The molecule has 0 radical (unpaired) electrons. The van der Waals surface area contributed by atoms with Crippen molar-refractivity contribution in [1.29, 1.82) is 0 Å². The van der Waals surface area contributed by atoms with E-state index < -0.39 is 6.10 Å². The molecule has 110 valence electrons. The van der Waals surface area contributed by atoms with E-state index in [1.807, 2.05) is 20.8 Å². The van der Waals surface area contributed by atoms with Gasteiger partial charge in [0.1, 0.15) is 24.0 Å². The van der Waals surface area contributed by atoms with Gasteiger partial charge in [-0.2, -0.15) is 0 Å². The Hall–Kier alpha value is -1.79. The van der Waals surface area contributed by atoms with Gasteiger partial charge in [0.15, 0.2) is 0 Å². The van der Waals surface area contributed by atoms with Crippen LogP contribution in [0.25, 0.3) is 11.0 Å². The Morgan fingerprint density at radius 2 is 2.10 bits per heavy atom. The molecule has 6 heteroatoms. The number of ether oxygens (including phenoxy) is 1. The van der Waals surface area contributed by atoms with Crippen LogP contribution in [0.4, 0.5) is 0 Å². The number of para-hydroxylation sites is 1. The Bertz CT molecular complexity index is 624. The molecular formula is C14H21N3O3. The van der Waals surface area contributed by atoms with Gasteiger partial charge in [0, 0.05) is 12.1 Å². The highest BCUT2D eigenvalue weighted by Crippen LogP contribution is 2.20. The van der Waals surface area contributed by atoms with E-state index in [9.17, 15) is 9.90 Å². The van der Waals surface area contributed by atoms with Crippen LogP contribution in [0.3, 0.4) is 0 Å². The van der Waals surface area contributed by atoms with E-state index in [1.165, 1.54) is 0 Å². The number of H-pyrrole nitrogens is 2. The van der Waals surface area contributed by atoms with Crippen LogP contribution in [0.5, 0.6) is 5.75 Å². The molecule has 20 heavy (non-hydrogen) atoms.